The molecule has 2 aromatic rings. The minimum atomic E-state index is 0.476. The van der Waals surface area contributed by atoms with Crippen LogP contribution in [0.5, 0.6) is 0 Å². The molecule has 0 aliphatic rings. The van der Waals surface area contributed by atoms with Gasteiger partial charge in [0.15, 0.2) is 6.29 Å². The lowest BCUT2D eigenvalue weighted by Crippen LogP contribution is -1.92. The molecule has 3 nitrogen and oxygen atoms in total. The molecule has 0 N–H and O–H groups in total. The Hall–Kier alpha value is -1.35. The van der Waals surface area contributed by atoms with Gasteiger partial charge in [0.1, 0.15) is 0 Å². The molecule has 0 aliphatic carbocycles. The molecule has 0 radical (unpaired) electrons. The Bertz CT molecular complexity index is 516. The van der Waals surface area contributed by atoms with E-state index in [1.54, 1.807) is 10.7 Å². The smallest absolute Gasteiger partial charge is 0.152 e. The third kappa shape index (κ3) is 1.13. The molecule has 0 spiro atoms. The highest BCUT2D eigenvalue weighted by molar-refractivity contribution is 6.34. The van der Waals surface area contributed by atoms with E-state index in [4.69, 9.17) is 11.6 Å². The van der Waals surface area contributed by atoms with Crippen LogP contribution in [0.3, 0.4) is 0 Å². The number of rotatable bonds is 1. The van der Waals surface area contributed by atoms with Crippen molar-refractivity contribution >= 4 is 28.8 Å². The average molecular weight is 209 g/mol. The average Bonchev–Trinajstić information content (AvgIpc) is 2.45. The quantitative estimate of drug-likeness (QED) is 0.675. The summed E-state index contributed by atoms with van der Waals surface area (Å²) >= 11 is 5.92. The number of carbonyl (C=O) groups is 1. The van der Waals surface area contributed by atoms with Crippen LogP contribution in [-0.4, -0.2) is 16.1 Å². The Balaban J connectivity index is 2.98. The number of hydrogen-bond donors (Lipinski definition) is 0. The predicted octanol–water partition coefficient (Wildman–Crippen LogP) is 2.35. The second-order valence-electron chi connectivity index (χ2n) is 3.18. The van der Waals surface area contributed by atoms with Crippen molar-refractivity contribution in [3.05, 3.63) is 28.4 Å². The lowest BCUT2D eigenvalue weighted by molar-refractivity contribution is 0.112. The van der Waals surface area contributed by atoms with Gasteiger partial charge >= 0.3 is 0 Å². The molecular weight excluding hydrogens is 200 g/mol. The molecule has 72 valence electrons. The van der Waals surface area contributed by atoms with Gasteiger partial charge in [0.2, 0.25) is 0 Å². The molecule has 1 heterocycles. The molecule has 1 aromatic carbocycles. The van der Waals surface area contributed by atoms with Crippen molar-refractivity contribution in [1.82, 2.24) is 9.78 Å². The van der Waals surface area contributed by atoms with Gasteiger partial charge in [-0.2, -0.15) is 5.10 Å². The molecule has 0 fully saturated rings. The standard InChI is InChI=1S/C10H9ClN2O/c1-6-10-7(5-14)8(11)3-4-9(10)12-13(6)2/h3-5H,1-2H3. The highest BCUT2D eigenvalue weighted by atomic mass is 35.5. The summed E-state index contributed by atoms with van der Waals surface area (Å²) in [5.74, 6) is 0. The number of benzene rings is 1. The number of halogens is 1. The number of hydrogen-bond acceptors (Lipinski definition) is 2. The van der Waals surface area contributed by atoms with Gasteiger partial charge in [0, 0.05) is 23.7 Å². The third-order valence-electron chi connectivity index (χ3n) is 2.39. The van der Waals surface area contributed by atoms with Crippen molar-refractivity contribution < 1.29 is 4.79 Å². The largest absolute Gasteiger partial charge is 0.298 e. The van der Waals surface area contributed by atoms with Gasteiger partial charge < -0.3 is 0 Å². The van der Waals surface area contributed by atoms with E-state index in [1.165, 1.54) is 0 Å². The molecule has 1 aromatic heterocycles. The van der Waals surface area contributed by atoms with Crippen LogP contribution in [0.4, 0.5) is 0 Å². The van der Waals surface area contributed by atoms with Gasteiger partial charge in [-0.1, -0.05) is 11.6 Å². The Kier molecular flexibility index (Phi) is 2.04. The predicted molar refractivity (Wildman–Crippen MR) is 55.8 cm³/mol. The zero-order chi connectivity index (χ0) is 10.3. The lowest BCUT2D eigenvalue weighted by Gasteiger charge is -1.98. The van der Waals surface area contributed by atoms with Crippen LogP contribution in [0.25, 0.3) is 10.9 Å². The summed E-state index contributed by atoms with van der Waals surface area (Å²) in [5, 5.41) is 5.58. The van der Waals surface area contributed by atoms with Crippen molar-refractivity contribution in [2.45, 2.75) is 6.92 Å². The van der Waals surface area contributed by atoms with E-state index in [2.05, 4.69) is 5.10 Å². The zero-order valence-electron chi connectivity index (χ0n) is 7.91. The maximum Gasteiger partial charge on any atom is 0.152 e. The van der Waals surface area contributed by atoms with Crippen LogP contribution < -0.4 is 0 Å². The van der Waals surface area contributed by atoms with Crippen molar-refractivity contribution in [3.63, 3.8) is 0 Å². The Labute approximate surface area is 86.3 Å². The first-order valence-electron chi connectivity index (χ1n) is 4.22. The number of fused-ring (bicyclic) bond motifs is 1. The summed E-state index contributed by atoms with van der Waals surface area (Å²) in [6.45, 7) is 1.92. The topological polar surface area (TPSA) is 34.9 Å². The number of aryl methyl sites for hydroxylation is 2. The fourth-order valence-corrected chi connectivity index (χ4v) is 1.76. The minimum absolute atomic E-state index is 0.476. The van der Waals surface area contributed by atoms with Crippen LogP contribution in [0.1, 0.15) is 16.1 Å². The number of nitrogens with zero attached hydrogens (tertiary/aromatic N) is 2. The molecule has 0 saturated heterocycles. The first-order valence-corrected chi connectivity index (χ1v) is 4.60. The third-order valence-corrected chi connectivity index (χ3v) is 2.72. The van der Waals surface area contributed by atoms with Gasteiger partial charge in [0.05, 0.1) is 10.5 Å². The summed E-state index contributed by atoms with van der Waals surface area (Å²) in [4.78, 5) is 10.9. The monoisotopic (exact) mass is 208 g/mol. The minimum Gasteiger partial charge on any atom is -0.298 e. The van der Waals surface area contributed by atoms with Gasteiger partial charge in [0.25, 0.3) is 0 Å². The molecule has 0 unspecified atom stereocenters. The van der Waals surface area contributed by atoms with Gasteiger partial charge in [-0.25, -0.2) is 0 Å². The van der Waals surface area contributed by atoms with Crippen molar-refractivity contribution in [2.75, 3.05) is 0 Å². The highest BCUT2D eigenvalue weighted by Crippen LogP contribution is 2.26. The maximum absolute atomic E-state index is 10.9. The molecule has 0 aliphatic heterocycles. The van der Waals surface area contributed by atoms with Crippen molar-refractivity contribution in [1.29, 1.82) is 0 Å². The van der Waals surface area contributed by atoms with E-state index in [0.717, 1.165) is 22.9 Å². The molecule has 4 heteroatoms. The maximum atomic E-state index is 10.9. The molecule has 0 saturated carbocycles. The van der Waals surface area contributed by atoms with Crippen molar-refractivity contribution in [3.8, 4) is 0 Å². The fourth-order valence-electron chi connectivity index (χ4n) is 1.56. The number of aldehydes is 1. The second kappa shape index (κ2) is 3.10. The molecular formula is C10H9ClN2O. The Morgan fingerprint density at radius 3 is 2.86 bits per heavy atom. The summed E-state index contributed by atoms with van der Waals surface area (Å²) in [6.07, 6.45) is 0.777. The number of aromatic nitrogens is 2. The van der Waals surface area contributed by atoms with E-state index in [1.807, 2.05) is 20.0 Å². The molecule has 0 atom stereocenters. The fraction of sp³-hybridized carbons (Fsp3) is 0.200. The Morgan fingerprint density at radius 2 is 2.21 bits per heavy atom. The van der Waals surface area contributed by atoms with Crippen LogP contribution in [0.15, 0.2) is 12.1 Å². The first-order chi connectivity index (χ1) is 6.65. The molecule has 0 amide bonds. The number of carbonyl (C=O) groups excluding carboxylic acids is 1. The van der Waals surface area contributed by atoms with E-state index < -0.39 is 0 Å². The van der Waals surface area contributed by atoms with E-state index in [0.29, 0.717) is 10.6 Å². The van der Waals surface area contributed by atoms with Crippen LogP contribution in [0.2, 0.25) is 5.02 Å². The van der Waals surface area contributed by atoms with Gasteiger partial charge in [-0.3, -0.25) is 9.48 Å². The summed E-state index contributed by atoms with van der Waals surface area (Å²) in [7, 11) is 1.85. The normalized spacial score (nSPS) is 10.8. The van der Waals surface area contributed by atoms with Crippen molar-refractivity contribution in [2.24, 2.45) is 7.05 Å². The van der Waals surface area contributed by atoms with E-state index in [-0.39, 0.29) is 0 Å². The van der Waals surface area contributed by atoms with E-state index >= 15 is 0 Å². The lowest BCUT2D eigenvalue weighted by atomic mass is 10.1. The molecule has 2 rings (SSSR count). The first kappa shape index (κ1) is 9.21. The van der Waals surface area contributed by atoms with Crippen LogP contribution >= 0.6 is 11.6 Å². The summed E-state index contributed by atoms with van der Waals surface area (Å²) < 4.78 is 1.74. The van der Waals surface area contributed by atoms with Gasteiger partial charge in [-0.15, -0.1) is 0 Å². The van der Waals surface area contributed by atoms with Crippen LogP contribution in [-0.2, 0) is 7.05 Å². The SMILES string of the molecule is Cc1c2c(C=O)c(Cl)ccc2nn1C. The molecule has 0 bridgehead atoms. The molecule has 14 heavy (non-hydrogen) atoms. The highest BCUT2D eigenvalue weighted by Gasteiger charge is 2.11. The summed E-state index contributed by atoms with van der Waals surface area (Å²) in [5.41, 5.74) is 2.27. The Morgan fingerprint density at radius 1 is 1.50 bits per heavy atom. The van der Waals surface area contributed by atoms with Gasteiger partial charge in [-0.05, 0) is 19.1 Å². The second-order valence-corrected chi connectivity index (χ2v) is 3.59. The summed E-state index contributed by atoms with van der Waals surface area (Å²) in [6, 6.07) is 3.51. The van der Waals surface area contributed by atoms with E-state index in [9.17, 15) is 4.79 Å². The zero-order valence-corrected chi connectivity index (χ0v) is 8.67. The van der Waals surface area contributed by atoms with Crippen LogP contribution in [0, 0.1) is 6.92 Å².